The second-order valence-electron chi connectivity index (χ2n) is 6.63. The molecular weight excluding hydrogens is 339 g/mol. The number of hydrogen-bond donors (Lipinski definition) is 1. The number of aromatic nitrogens is 2. The summed E-state index contributed by atoms with van der Waals surface area (Å²) < 4.78 is 25.8. The van der Waals surface area contributed by atoms with Gasteiger partial charge in [0.25, 0.3) is 0 Å². The maximum atomic E-state index is 14.0. The zero-order valence-electron chi connectivity index (χ0n) is 15.2. The highest BCUT2D eigenvalue weighted by molar-refractivity contribution is 5.67. The van der Waals surface area contributed by atoms with E-state index in [1.165, 1.54) is 13.2 Å². The van der Waals surface area contributed by atoms with Crippen molar-refractivity contribution in [2.75, 3.05) is 7.11 Å². The lowest BCUT2D eigenvalue weighted by atomic mass is 10.1. The molecule has 0 radical (unpaired) electrons. The summed E-state index contributed by atoms with van der Waals surface area (Å²) in [5.41, 5.74) is 0.548. The Morgan fingerprint density at radius 1 is 1.42 bits per heavy atom. The van der Waals surface area contributed by atoms with Crippen LogP contribution in [0.4, 0.5) is 9.18 Å². The average molecular weight is 360 g/mol. The molecular formula is C18H21FN4O3. The number of carbonyl (C=O) groups is 1. The van der Waals surface area contributed by atoms with Gasteiger partial charge in [-0.1, -0.05) is 0 Å². The summed E-state index contributed by atoms with van der Waals surface area (Å²) in [6.45, 7) is 5.86. The highest BCUT2D eigenvalue weighted by Crippen LogP contribution is 2.23. The molecule has 1 aromatic heterocycles. The lowest BCUT2D eigenvalue weighted by Gasteiger charge is -2.19. The van der Waals surface area contributed by atoms with Gasteiger partial charge in [0, 0.05) is 6.20 Å². The number of carbonyl (C=O) groups excluding carboxylic acids is 1. The number of nitrogens with one attached hydrogen (secondary N) is 1. The fourth-order valence-corrected chi connectivity index (χ4v) is 2.25. The number of alkyl carbamates (subject to hydrolysis) is 1. The van der Waals surface area contributed by atoms with Gasteiger partial charge in [-0.25, -0.2) is 9.18 Å². The van der Waals surface area contributed by atoms with E-state index in [4.69, 9.17) is 14.7 Å². The SMILES string of the molecule is COc1cc(Cn2ccc(CNC(=O)OC(C)(C)C)n2)cc(F)c1C#N. The van der Waals surface area contributed by atoms with Gasteiger partial charge < -0.3 is 14.8 Å². The lowest BCUT2D eigenvalue weighted by Crippen LogP contribution is -2.32. The van der Waals surface area contributed by atoms with Crippen molar-refractivity contribution < 1.29 is 18.7 Å². The van der Waals surface area contributed by atoms with Crippen molar-refractivity contribution in [1.82, 2.24) is 15.1 Å². The van der Waals surface area contributed by atoms with Crippen molar-refractivity contribution in [1.29, 1.82) is 5.26 Å². The van der Waals surface area contributed by atoms with Crippen molar-refractivity contribution in [2.45, 2.75) is 39.5 Å². The first kappa shape index (κ1) is 19.2. The number of amides is 1. The van der Waals surface area contributed by atoms with Crippen LogP contribution < -0.4 is 10.1 Å². The Hall–Kier alpha value is -3.08. The second kappa shape index (κ2) is 7.87. The molecule has 26 heavy (non-hydrogen) atoms. The minimum atomic E-state index is -0.638. The fourth-order valence-electron chi connectivity index (χ4n) is 2.25. The Balaban J connectivity index is 2.02. The molecule has 1 aromatic carbocycles. The van der Waals surface area contributed by atoms with Crippen LogP contribution in [0.1, 0.15) is 37.6 Å². The van der Waals surface area contributed by atoms with E-state index in [0.717, 1.165) is 0 Å². The van der Waals surface area contributed by atoms with Crippen LogP contribution >= 0.6 is 0 Å². The molecule has 0 fully saturated rings. The predicted octanol–water partition coefficient (Wildman–Crippen LogP) is 2.98. The van der Waals surface area contributed by atoms with Crippen LogP contribution in [0.15, 0.2) is 24.4 Å². The topological polar surface area (TPSA) is 89.2 Å². The van der Waals surface area contributed by atoms with Gasteiger partial charge in [-0.05, 0) is 44.5 Å². The highest BCUT2D eigenvalue weighted by Gasteiger charge is 2.16. The van der Waals surface area contributed by atoms with Crippen LogP contribution in [0.5, 0.6) is 5.75 Å². The van der Waals surface area contributed by atoms with Gasteiger partial charge in [-0.3, -0.25) is 4.68 Å². The second-order valence-corrected chi connectivity index (χ2v) is 6.63. The van der Waals surface area contributed by atoms with Crippen molar-refractivity contribution in [3.63, 3.8) is 0 Å². The molecule has 0 spiro atoms. The number of nitrogens with zero attached hydrogens (tertiary/aromatic N) is 3. The van der Waals surface area contributed by atoms with Crippen molar-refractivity contribution in [3.05, 3.63) is 47.0 Å². The molecule has 1 amide bonds. The Labute approximate surface area is 151 Å². The molecule has 0 saturated carbocycles. The number of methoxy groups -OCH3 is 1. The molecule has 0 unspecified atom stereocenters. The van der Waals surface area contributed by atoms with Crippen molar-refractivity contribution in [2.24, 2.45) is 0 Å². The highest BCUT2D eigenvalue weighted by atomic mass is 19.1. The minimum absolute atomic E-state index is 0.126. The molecule has 0 aliphatic rings. The lowest BCUT2D eigenvalue weighted by molar-refractivity contribution is 0.0523. The first-order valence-corrected chi connectivity index (χ1v) is 7.97. The molecule has 1 N–H and O–H groups in total. The largest absolute Gasteiger partial charge is 0.495 e. The summed E-state index contributed by atoms with van der Waals surface area (Å²) in [5.74, 6) is -0.456. The molecule has 0 bridgehead atoms. The van der Waals surface area contributed by atoms with Gasteiger partial charge >= 0.3 is 6.09 Å². The monoisotopic (exact) mass is 360 g/mol. The van der Waals surface area contributed by atoms with E-state index in [1.807, 2.05) is 0 Å². The van der Waals surface area contributed by atoms with E-state index < -0.39 is 17.5 Å². The van der Waals surface area contributed by atoms with E-state index >= 15 is 0 Å². The van der Waals surface area contributed by atoms with Gasteiger partial charge in [0.15, 0.2) is 0 Å². The van der Waals surface area contributed by atoms with Gasteiger partial charge in [-0.15, -0.1) is 0 Å². The third-order valence-corrected chi connectivity index (χ3v) is 3.30. The number of benzene rings is 1. The van der Waals surface area contributed by atoms with E-state index in [0.29, 0.717) is 17.8 Å². The summed E-state index contributed by atoms with van der Waals surface area (Å²) in [6, 6.07) is 6.40. The summed E-state index contributed by atoms with van der Waals surface area (Å²) in [6.07, 6.45) is 1.19. The minimum Gasteiger partial charge on any atom is -0.495 e. The van der Waals surface area contributed by atoms with E-state index in [9.17, 15) is 9.18 Å². The quantitative estimate of drug-likeness (QED) is 0.885. The molecule has 0 saturated heterocycles. The summed E-state index contributed by atoms with van der Waals surface area (Å²) in [5, 5.41) is 15.9. The molecule has 1 heterocycles. The smallest absolute Gasteiger partial charge is 0.407 e. The van der Waals surface area contributed by atoms with Gasteiger partial charge in [0.1, 0.15) is 28.8 Å². The number of hydrogen-bond acceptors (Lipinski definition) is 5. The standard InChI is InChI=1S/C18H21FN4O3/c1-18(2,3)26-17(24)21-10-13-5-6-23(22-13)11-12-7-15(19)14(9-20)16(8-12)25-4/h5-8H,10-11H2,1-4H3,(H,21,24). The maximum Gasteiger partial charge on any atom is 0.407 e. The van der Waals surface area contributed by atoms with Gasteiger partial charge in [0.2, 0.25) is 0 Å². The maximum absolute atomic E-state index is 14.0. The van der Waals surface area contributed by atoms with Crippen LogP contribution in [0.2, 0.25) is 0 Å². The third-order valence-electron chi connectivity index (χ3n) is 3.30. The molecule has 2 rings (SSSR count). The Kier molecular flexibility index (Phi) is 5.82. The summed E-state index contributed by atoms with van der Waals surface area (Å²) in [7, 11) is 1.38. The van der Waals surface area contributed by atoms with Gasteiger partial charge in [-0.2, -0.15) is 10.4 Å². The molecule has 2 aromatic rings. The number of halogens is 1. The first-order valence-electron chi connectivity index (χ1n) is 7.97. The summed E-state index contributed by atoms with van der Waals surface area (Å²) >= 11 is 0. The van der Waals surface area contributed by atoms with Crippen molar-refractivity contribution >= 4 is 6.09 Å². The van der Waals surface area contributed by atoms with Crippen LogP contribution in [0.25, 0.3) is 0 Å². The molecule has 8 heteroatoms. The van der Waals surface area contributed by atoms with E-state index in [2.05, 4.69) is 10.4 Å². The Bertz CT molecular complexity index is 834. The van der Waals surface area contributed by atoms with E-state index in [1.54, 1.807) is 49.9 Å². The Morgan fingerprint density at radius 3 is 2.77 bits per heavy atom. The van der Waals surface area contributed by atoms with Crippen LogP contribution in [0, 0.1) is 17.1 Å². The molecule has 7 nitrogen and oxygen atoms in total. The van der Waals surface area contributed by atoms with Crippen molar-refractivity contribution in [3.8, 4) is 11.8 Å². The first-order chi connectivity index (χ1) is 12.2. The number of nitriles is 1. The average Bonchev–Trinajstić information content (AvgIpc) is 2.98. The fraction of sp³-hybridized carbons (Fsp3) is 0.389. The Morgan fingerprint density at radius 2 is 2.15 bits per heavy atom. The molecule has 0 atom stereocenters. The molecule has 0 aliphatic heterocycles. The predicted molar refractivity (Wildman–Crippen MR) is 92.1 cm³/mol. The molecule has 0 aliphatic carbocycles. The zero-order chi connectivity index (χ0) is 19.3. The zero-order valence-corrected chi connectivity index (χ0v) is 15.2. The number of ether oxygens (including phenoxy) is 2. The molecule has 138 valence electrons. The van der Waals surface area contributed by atoms with Crippen LogP contribution in [0.3, 0.4) is 0 Å². The number of rotatable bonds is 5. The van der Waals surface area contributed by atoms with E-state index in [-0.39, 0.29) is 17.9 Å². The summed E-state index contributed by atoms with van der Waals surface area (Å²) in [4.78, 5) is 11.6. The normalized spacial score (nSPS) is 10.9. The van der Waals surface area contributed by atoms with Crippen LogP contribution in [-0.2, 0) is 17.8 Å². The third kappa shape index (κ3) is 5.21. The van der Waals surface area contributed by atoms with Gasteiger partial charge in [0.05, 0.1) is 25.9 Å². The van der Waals surface area contributed by atoms with Crippen LogP contribution in [-0.4, -0.2) is 28.6 Å².